The molecule has 0 spiro atoms. The summed E-state index contributed by atoms with van der Waals surface area (Å²) in [5.41, 5.74) is 3.04. The summed E-state index contributed by atoms with van der Waals surface area (Å²) in [5.74, 6) is -0.0980. The first kappa shape index (κ1) is 19.2. The topological polar surface area (TPSA) is 64.0 Å². The van der Waals surface area contributed by atoms with Crippen LogP contribution in [-0.4, -0.2) is 21.2 Å². The molecular formula is C20H18ClN3O2S. The fraction of sp³-hybridized carbons (Fsp3) is 0.150. The second-order valence-corrected chi connectivity index (χ2v) is 7.36. The average molecular weight is 400 g/mol. The number of aromatic nitrogens is 2. The van der Waals surface area contributed by atoms with Gasteiger partial charge >= 0.3 is 0 Å². The molecule has 0 bridgehead atoms. The number of hydrogen-bond donors (Lipinski definition) is 1. The molecular weight excluding hydrogens is 382 g/mol. The van der Waals surface area contributed by atoms with Gasteiger partial charge in [0, 0.05) is 23.1 Å². The van der Waals surface area contributed by atoms with Crippen LogP contribution < -0.4 is 10.9 Å². The minimum absolute atomic E-state index is 0.0925. The Morgan fingerprint density at radius 3 is 2.70 bits per heavy atom. The molecule has 27 heavy (non-hydrogen) atoms. The first-order valence-corrected chi connectivity index (χ1v) is 9.64. The van der Waals surface area contributed by atoms with E-state index in [1.54, 1.807) is 12.3 Å². The molecule has 3 rings (SSSR count). The molecule has 0 atom stereocenters. The number of hydrogen-bond acceptors (Lipinski definition) is 4. The van der Waals surface area contributed by atoms with Gasteiger partial charge in [0.1, 0.15) is 0 Å². The number of amides is 1. The number of benzene rings is 2. The van der Waals surface area contributed by atoms with Crippen molar-refractivity contribution in [2.24, 2.45) is 0 Å². The molecule has 0 aliphatic heterocycles. The minimum Gasteiger partial charge on any atom is -0.325 e. The maximum Gasteiger partial charge on any atom is 0.287 e. The molecule has 1 heterocycles. The fourth-order valence-electron chi connectivity index (χ4n) is 2.46. The van der Waals surface area contributed by atoms with Crippen LogP contribution in [0.4, 0.5) is 5.69 Å². The smallest absolute Gasteiger partial charge is 0.287 e. The Morgan fingerprint density at radius 2 is 1.96 bits per heavy atom. The molecule has 0 radical (unpaired) electrons. The maximum absolute atomic E-state index is 12.7. The van der Waals surface area contributed by atoms with Crippen molar-refractivity contribution in [2.75, 3.05) is 11.1 Å². The standard InChI is InChI=1S/C20H18ClN3O2S/c1-13-7-8-15(11-16(13)21)24-10-9-22-19(20(24)26)27-12-18(25)23-17-6-4-3-5-14(17)2/h3-11H,12H2,1-2H3,(H,23,25). The number of thioether (sulfide) groups is 1. The summed E-state index contributed by atoms with van der Waals surface area (Å²) in [6.45, 7) is 3.82. The zero-order valence-electron chi connectivity index (χ0n) is 14.9. The Labute approximate surface area is 166 Å². The Kier molecular flexibility index (Phi) is 5.98. The molecule has 7 heteroatoms. The SMILES string of the molecule is Cc1ccc(-n2ccnc(SCC(=O)Nc3ccccc3C)c2=O)cc1Cl. The molecule has 0 unspecified atom stereocenters. The van der Waals surface area contributed by atoms with Crippen LogP contribution in [0.1, 0.15) is 11.1 Å². The zero-order valence-corrected chi connectivity index (χ0v) is 16.5. The number of halogens is 1. The van der Waals surface area contributed by atoms with E-state index in [0.29, 0.717) is 10.7 Å². The molecule has 1 N–H and O–H groups in total. The second-order valence-electron chi connectivity index (χ2n) is 5.99. The Bertz CT molecular complexity index is 1050. The highest BCUT2D eigenvalue weighted by atomic mass is 35.5. The van der Waals surface area contributed by atoms with Crippen molar-refractivity contribution in [1.29, 1.82) is 0 Å². The van der Waals surface area contributed by atoms with E-state index in [2.05, 4.69) is 10.3 Å². The first-order chi connectivity index (χ1) is 13.0. The van der Waals surface area contributed by atoms with E-state index in [1.807, 2.05) is 50.2 Å². The van der Waals surface area contributed by atoms with Crippen LogP contribution in [0.3, 0.4) is 0 Å². The van der Waals surface area contributed by atoms with Crippen LogP contribution in [0.2, 0.25) is 5.02 Å². The van der Waals surface area contributed by atoms with Crippen LogP contribution >= 0.6 is 23.4 Å². The molecule has 5 nitrogen and oxygen atoms in total. The third-order valence-corrected chi connectivity index (χ3v) is 5.37. The molecule has 1 aromatic heterocycles. The molecule has 3 aromatic rings. The van der Waals surface area contributed by atoms with Crippen LogP contribution in [0.5, 0.6) is 0 Å². The lowest BCUT2D eigenvalue weighted by atomic mass is 10.2. The monoisotopic (exact) mass is 399 g/mol. The lowest BCUT2D eigenvalue weighted by molar-refractivity contribution is -0.113. The number of para-hydroxylation sites is 1. The van der Waals surface area contributed by atoms with Crippen LogP contribution in [0, 0.1) is 13.8 Å². The van der Waals surface area contributed by atoms with Gasteiger partial charge in [-0.1, -0.05) is 47.6 Å². The van der Waals surface area contributed by atoms with E-state index in [-0.39, 0.29) is 22.2 Å². The maximum atomic E-state index is 12.7. The summed E-state index contributed by atoms with van der Waals surface area (Å²) in [6, 6.07) is 12.9. The van der Waals surface area contributed by atoms with E-state index in [9.17, 15) is 9.59 Å². The Morgan fingerprint density at radius 1 is 1.19 bits per heavy atom. The highest BCUT2D eigenvalue weighted by Crippen LogP contribution is 2.19. The summed E-state index contributed by atoms with van der Waals surface area (Å²) in [6.07, 6.45) is 3.12. The summed E-state index contributed by atoms with van der Waals surface area (Å²) in [7, 11) is 0. The van der Waals surface area contributed by atoms with Gasteiger partial charge in [-0.25, -0.2) is 4.98 Å². The number of aryl methyl sites for hydroxylation is 2. The highest BCUT2D eigenvalue weighted by molar-refractivity contribution is 7.99. The molecule has 0 fully saturated rings. The van der Waals surface area contributed by atoms with Gasteiger partial charge in [0.15, 0.2) is 5.03 Å². The quantitative estimate of drug-likeness (QED) is 0.652. The van der Waals surface area contributed by atoms with Gasteiger partial charge in [0.2, 0.25) is 5.91 Å². The molecule has 0 saturated heterocycles. The zero-order chi connectivity index (χ0) is 19.4. The Hall–Kier alpha value is -2.57. The lowest BCUT2D eigenvalue weighted by Crippen LogP contribution is -2.22. The van der Waals surface area contributed by atoms with Crippen molar-refractivity contribution in [1.82, 2.24) is 9.55 Å². The first-order valence-electron chi connectivity index (χ1n) is 8.28. The van der Waals surface area contributed by atoms with Gasteiger partial charge < -0.3 is 5.32 Å². The molecule has 0 aliphatic carbocycles. The van der Waals surface area contributed by atoms with Crippen LogP contribution in [0.15, 0.2) is 64.7 Å². The molecule has 1 amide bonds. The van der Waals surface area contributed by atoms with Gasteiger partial charge in [0.05, 0.1) is 11.4 Å². The van der Waals surface area contributed by atoms with Gasteiger partial charge in [-0.15, -0.1) is 0 Å². The second kappa shape index (κ2) is 8.41. The van der Waals surface area contributed by atoms with E-state index < -0.39 is 0 Å². The van der Waals surface area contributed by atoms with Crippen molar-refractivity contribution in [3.05, 3.63) is 81.4 Å². The summed E-state index contributed by atoms with van der Waals surface area (Å²) in [4.78, 5) is 29.0. The lowest BCUT2D eigenvalue weighted by Gasteiger charge is -2.09. The van der Waals surface area contributed by atoms with E-state index in [1.165, 1.54) is 10.8 Å². The van der Waals surface area contributed by atoms with E-state index in [0.717, 1.165) is 28.6 Å². The van der Waals surface area contributed by atoms with Crippen molar-refractivity contribution >= 4 is 35.0 Å². The average Bonchev–Trinajstić information content (AvgIpc) is 2.65. The fourth-order valence-corrected chi connectivity index (χ4v) is 3.33. The number of carbonyl (C=O) groups is 1. The summed E-state index contributed by atoms with van der Waals surface area (Å²) >= 11 is 7.27. The minimum atomic E-state index is -0.286. The highest BCUT2D eigenvalue weighted by Gasteiger charge is 2.11. The van der Waals surface area contributed by atoms with Gasteiger partial charge in [0.25, 0.3) is 5.56 Å². The van der Waals surface area contributed by atoms with E-state index >= 15 is 0 Å². The summed E-state index contributed by atoms with van der Waals surface area (Å²) in [5, 5.41) is 3.69. The van der Waals surface area contributed by atoms with Crippen molar-refractivity contribution < 1.29 is 4.79 Å². The molecule has 2 aromatic carbocycles. The molecule has 0 saturated carbocycles. The number of anilines is 1. The van der Waals surface area contributed by atoms with Gasteiger partial charge in [-0.3, -0.25) is 14.2 Å². The third kappa shape index (κ3) is 4.59. The van der Waals surface area contributed by atoms with Crippen molar-refractivity contribution in [3.8, 4) is 5.69 Å². The predicted molar refractivity (Wildman–Crippen MR) is 110 cm³/mol. The normalized spacial score (nSPS) is 10.6. The third-order valence-electron chi connectivity index (χ3n) is 4.00. The number of nitrogens with zero attached hydrogens (tertiary/aromatic N) is 2. The molecule has 0 aliphatic rings. The van der Waals surface area contributed by atoms with Crippen molar-refractivity contribution in [3.63, 3.8) is 0 Å². The summed E-state index contributed by atoms with van der Waals surface area (Å²) < 4.78 is 1.47. The Balaban J connectivity index is 1.74. The van der Waals surface area contributed by atoms with Gasteiger partial charge in [-0.05, 0) is 43.2 Å². The largest absolute Gasteiger partial charge is 0.325 e. The van der Waals surface area contributed by atoms with Gasteiger partial charge in [-0.2, -0.15) is 0 Å². The number of nitrogens with one attached hydrogen (secondary N) is 1. The van der Waals surface area contributed by atoms with Crippen molar-refractivity contribution in [2.45, 2.75) is 18.9 Å². The number of carbonyl (C=O) groups excluding carboxylic acids is 1. The van der Waals surface area contributed by atoms with Crippen LogP contribution in [-0.2, 0) is 4.79 Å². The number of rotatable bonds is 5. The van der Waals surface area contributed by atoms with Crippen LogP contribution in [0.25, 0.3) is 5.69 Å². The van der Waals surface area contributed by atoms with E-state index in [4.69, 9.17) is 11.6 Å². The molecule has 138 valence electrons. The predicted octanol–water partition coefficient (Wildman–Crippen LogP) is 4.23.